The Morgan fingerprint density at radius 1 is 1.07 bits per heavy atom. The maximum Gasteiger partial charge on any atom is 0.173 e. The molecular formula is C23H29N5O. The predicted octanol–water partition coefficient (Wildman–Crippen LogP) is 3.97. The molecule has 2 heterocycles. The molecule has 6 heteroatoms. The van der Waals surface area contributed by atoms with Crippen LogP contribution in [0.15, 0.2) is 48.5 Å². The number of ether oxygens (including phenoxy) is 1. The van der Waals surface area contributed by atoms with Crippen LogP contribution in [0.25, 0.3) is 0 Å². The first-order chi connectivity index (χ1) is 14.0. The highest BCUT2D eigenvalue weighted by Gasteiger charge is 2.35. The van der Waals surface area contributed by atoms with Crippen molar-refractivity contribution >= 4 is 0 Å². The highest BCUT2D eigenvalue weighted by atomic mass is 16.5. The van der Waals surface area contributed by atoms with Crippen molar-refractivity contribution in [2.45, 2.75) is 51.7 Å². The molecule has 29 heavy (non-hydrogen) atoms. The van der Waals surface area contributed by atoms with Crippen molar-refractivity contribution in [3.05, 3.63) is 71.0 Å². The van der Waals surface area contributed by atoms with Crippen LogP contribution in [0.4, 0.5) is 0 Å². The van der Waals surface area contributed by atoms with Crippen LogP contribution in [0, 0.1) is 0 Å². The third kappa shape index (κ3) is 3.65. The van der Waals surface area contributed by atoms with E-state index < -0.39 is 0 Å². The van der Waals surface area contributed by atoms with Crippen molar-refractivity contribution in [3.8, 4) is 5.75 Å². The minimum absolute atomic E-state index is 0.0830. The molecule has 0 radical (unpaired) electrons. The number of hydrogen-bond acceptors (Lipinski definition) is 5. The molecule has 0 aliphatic carbocycles. The van der Waals surface area contributed by atoms with E-state index in [1.807, 2.05) is 16.8 Å². The number of nitrogens with zero attached hydrogens (tertiary/aromatic N) is 5. The van der Waals surface area contributed by atoms with E-state index in [2.05, 4.69) is 77.6 Å². The predicted molar refractivity (Wildman–Crippen MR) is 113 cm³/mol. The monoisotopic (exact) mass is 391 g/mol. The van der Waals surface area contributed by atoms with Crippen molar-refractivity contribution in [2.24, 2.45) is 0 Å². The van der Waals surface area contributed by atoms with Gasteiger partial charge < -0.3 is 4.74 Å². The van der Waals surface area contributed by atoms with Gasteiger partial charge >= 0.3 is 0 Å². The van der Waals surface area contributed by atoms with E-state index in [0.29, 0.717) is 0 Å². The maximum absolute atomic E-state index is 5.73. The molecule has 1 unspecified atom stereocenters. The number of hydrogen-bond donors (Lipinski definition) is 0. The zero-order chi connectivity index (χ0) is 20.4. The first-order valence-electron chi connectivity index (χ1n) is 10.3. The van der Waals surface area contributed by atoms with Gasteiger partial charge in [-0.15, -0.1) is 5.10 Å². The van der Waals surface area contributed by atoms with Gasteiger partial charge in [0.05, 0.1) is 12.6 Å². The summed E-state index contributed by atoms with van der Waals surface area (Å²) in [5, 5.41) is 13.0. The van der Waals surface area contributed by atoms with E-state index in [0.717, 1.165) is 43.1 Å². The Kier molecular flexibility index (Phi) is 5.37. The zero-order valence-corrected chi connectivity index (χ0v) is 17.7. The van der Waals surface area contributed by atoms with Crippen molar-refractivity contribution in [3.63, 3.8) is 0 Å². The summed E-state index contributed by atoms with van der Waals surface area (Å²) in [5.74, 6) is 1.72. The molecule has 1 aliphatic heterocycles. The van der Waals surface area contributed by atoms with Crippen molar-refractivity contribution in [2.75, 3.05) is 13.7 Å². The topological polar surface area (TPSA) is 56.1 Å². The standard InChI is InChI=1S/C23H29N5O/c1-5-23(2,3)28-22(24-25-26-28)21(19-12-8-9-13-20(19)29-4)27-15-14-17-10-6-7-11-18(17)16-27/h6-13,21H,5,14-16H2,1-4H3. The number of benzene rings is 2. The summed E-state index contributed by atoms with van der Waals surface area (Å²) in [4.78, 5) is 2.47. The van der Waals surface area contributed by atoms with Crippen LogP contribution in [0.3, 0.4) is 0 Å². The lowest BCUT2D eigenvalue weighted by atomic mass is 9.94. The summed E-state index contributed by atoms with van der Waals surface area (Å²) in [6.07, 6.45) is 1.95. The number of methoxy groups -OCH3 is 1. The van der Waals surface area contributed by atoms with Crippen LogP contribution in [-0.4, -0.2) is 38.8 Å². The van der Waals surface area contributed by atoms with Gasteiger partial charge in [-0.05, 0) is 54.3 Å². The lowest BCUT2D eigenvalue weighted by Gasteiger charge is -2.37. The Bertz CT molecular complexity index is 981. The van der Waals surface area contributed by atoms with Gasteiger partial charge in [0.15, 0.2) is 5.82 Å². The lowest BCUT2D eigenvalue weighted by Crippen LogP contribution is -2.38. The van der Waals surface area contributed by atoms with Crippen molar-refractivity contribution in [1.82, 2.24) is 25.1 Å². The lowest BCUT2D eigenvalue weighted by molar-refractivity contribution is 0.179. The second kappa shape index (κ2) is 7.95. The van der Waals surface area contributed by atoms with Crippen LogP contribution in [0.5, 0.6) is 5.75 Å². The smallest absolute Gasteiger partial charge is 0.173 e. The van der Waals surface area contributed by atoms with Crippen LogP contribution >= 0.6 is 0 Å². The summed E-state index contributed by atoms with van der Waals surface area (Å²) in [5.41, 5.74) is 3.72. The number of para-hydroxylation sites is 1. The summed E-state index contributed by atoms with van der Waals surface area (Å²) >= 11 is 0. The third-order valence-corrected chi connectivity index (χ3v) is 6.14. The number of aromatic nitrogens is 4. The molecule has 152 valence electrons. The van der Waals surface area contributed by atoms with Crippen molar-refractivity contribution < 1.29 is 4.74 Å². The molecule has 0 spiro atoms. The van der Waals surface area contributed by atoms with Gasteiger partial charge in [-0.25, -0.2) is 4.68 Å². The SMILES string of the molecule is CCC(C)(C)n1nnnc1C(c1ccccc1OC)N1CCc2ccccc2C1. The highest BCUT2D eigenvalue weighted by Crippen LogP contribution is 2.37. The molecule has 2 aromatic carbocycles. The van der Waals surface area contributed by atoms with Gasteiger partial charge in [-0.2, -0.15) is 0 Å². The van der Waals surface area contributed by atoms with E-state index >= 15 is 0 Å². The number of fused-ring (bicyclic) bond motifs is 1. The first-order valence-corrected chi connectivity index (χ1v) is 10.3. The molecule has 0 saturated heterocycles. The van der Waals surface area contributed by atoms with Gasteiger partial charge in [0.25, 0.3) is 0 Å². The Balaban J connectivity index is 1.83. The fourth-order valence-electron chi connectivity index (χ4n) is 4.07. The van der Waals surface area contributed by atoms with Gasteiger partial charge in [-0.3, -0.25) is 4.90 Å². The maximum atomic E-state index is 5.73. The van der Waals surface area contributed by atoms with Crippen LogP contribution in [0.2, 0.25) is 0 Å². The number of rotatable bonds is 6. The molecule has 3 aromatic rings. The Hall–Kier alpha value is -2.73. The molecule has 1 aliphatic rings. The van der Waals surface area contributed by atoms with Gasteiger partial charge in [0.2, 0.25) is 0 Å². The highest BCUT2D eigenvalue weighted by molar-refractivity contribution is 5.40. The second-order valence-corrected chi connectivity index (χ2v) is 8.25. The molecule has 0 fully saturated rings. The normalized spacial score (nSPS) is 15.7. The van der Waals surface area contributed by atoms with E-state index in [1.165, 1.54) is 11.1 Å². The average Bonchev–Trinajstić information content (AvgIpc) is 3.24. The summed E-state index contributed by atoms with van der Waals surface area (Å²) in [7, 11) is 1.72. The molecular weight excluding hydrogens is 362 g/mol. The van der Waals surface area contributed by atoms with Gasteiger partial charge in [-0.1, -0.05) is 49.4 Å². The first kappa shape index (κ1) is 19.6. The molecule has 4 rings (SSSR count). The fourth-order valence-corrected chi connectivity index (χ4v) is 4.07. The van der Waals surface area contributed by atoms with E-state index in [-0.39, 0.29) is 11.6 Å². The van der Waals surface area contributed by atoms with Crippen LogP contribution in [-0.2, 0) is 18.5 Å². The quantitative estimate of drug-likeness (QED) is 0.636. The average molecular weight is 392 g/mol. The Morgan fingerprint density at radius 3 is 2.55 bits per heavy atom. The minimum atomic E-state index is -0.174. The van der Waals surface area contributed by atoms with E-state index in [4.69, 9.17) is 4.74 Å². The Labute approximate surface area is 172 Å². The van der Waals surface area contributed by atoms with Crippen molar-refractivity contribution in [1.29, 1.82) is 0 Å². The van der Waals surface area contributed by atoms with E-state index in [9.17, 15) is 0 Å². The van der Waals surface area contributed by atoms with Gasteiger partial charge in [0, 0.05) is 18.7 Å². The fraction of sp³-hybridized carbons (Fsp3) is 0.435. The summed E-state index contributed by atoms with van der Waals surface area (Å²) < 4.78 is 7.72. The second-order valence-electron chi connectivity index (χ2n) is 8.25. The summed E-state index contributed by atoms with van der Waals surface area (Å²) in [6, 6.07) is 16.8. The third-order valence-electron chi connectivity index (χ3n) is 6.14. The molecule has 1 aromatic heterocycles. The van der Waals surface area contributed by atoms with Gasteiger partial charge in [0.1, 0.15) is 11.8 Å². The van der Waals surface area contributed by atoms with Crippen LogP contribution in [0.1, 0.15) is 55.7 Å². The largest absolute Gasteiger partial charge is 0.496 e. The van der Waals surface area contributed by atoms with Crippen LogP contribution < -0.4 is 4.74 Å². The molecule has 0 amide bonds. The number of tetrazole rings is 1. The molecule has 0 saturated carbocycles. The minimum Gasteiger partial charge on any atom is -0.496 e. The molecule has 1 atom stereocenters. The zero-order valence-electron chi connectivity index (χ0n) is 17.7. The molecule has 0 bridgehead atoms. The summed E-state index contributed by atoms with van der Waals surface area (Å²) in [6.45, 7) is 8.33. The van der Waals surface area contributed by atoms with E-state index in [1.54, 1.807) is 7.11 Å². The molecule has 6 nitrogen and oxygen atoms in total. The molecule has 0 N–H and O–H groups in total. The Morgan fingerprint density at radius 2 is 1.79 bits per heavy atom.